The Morgan fingerprint density at radius 2 is 1.16 bits per heavy atom. The van der Waals surface area contributed by atoms with Crippen LogP contribution in [0.1, 0.15) is 91.9 Å². The van der Waals surface area contributed by atoms with Crippen molar-refractivity contribution in [2.45, 2.75) is 202 Å². The van der Waals surface area contributed by atoms with Gasteiger partial charge in [-0.3, -0.25) is 0 Å². The van der Waals surface area contributed by atoms with Gasteiger partial charge in [-0.25, -0.2) is 0 Å². The standard InChI is InChI=1S/C45H74O18/c1-19-7-12-45(56-18-19)20(2)30-26(63-45)14-25-23-6-5-21-13-22(8-10-43(21,3)24(23)9-11-44(25,30)4)57-40-37(55)35(53)38(29(17-48)60-40)61-42-39(34(52)32(50)28(16-47)59-42)62-41-36(54)33(51)31(49)27(15-46)58-41/h19-42,46-55H,5-18H2,1-4H3/t19?,20-,21-,22?,23+,24-,25-,26?,27?,28?,29?,30?,31?,32?,33?,34?,35?,36?,37?,38?,39?,40?,41?,42?,43?,44?,45+/m0/s1. The minimum atomic E-state index is -1.89. The molecule has 27 atom stereocenters. The second kappa shape index (κ2) is 18.0. The Bertz CT molecular complexity index is 1570. The lowest BCUT2D eigenvalue weighted by Gasteiger charge is -2.61. The van der Waals surface area contributed by atoms with E-state index in [0.29, 0.717) is 41.4 Å². The summed E-state index contributed by atoms with van der Waals surface area (Å²) in [6, 6.07) is 0. The number of hydrogen-bond acceptors (Lipinski definition) is 18. The smallest absolute Gasteiger partial charge is 0.187 e. The van der Waals surface area contributed by atoms with Gasteiger partial charge in [-0.1, -0.05) is 27.7 Å². The summed E-state index contributed by atoms with van der Waals surface area (Å²) >= 11 is 0. The molecule has 5 saturated heterocycles. The van der Waals surface area contributed by atoms with Crippen molar-refractivity contribution < 1.29 is 89.0 Å². The van der Waals surface area contributed by atoms with E-state index in [1.54, 1.807) is 0 Å². The molecule has 4 aliphatic carbocycles. The van der Waals surface area contributed by atoms with E-state index in [9.17, 15) is 51.1 Å². The third kappa shape index (κ3) is 7.88. The molecule has 4 saturated carbocycles. The van der Waals surface area contributed by atoms with Gasteiger partial charge in [0.1, 0.15) is 73.2 Å². The molecule has 5 aliphatic heterocycles. The van der Waals surface area contributed by atoms with Crippen molar-refractivity contribution in [3.63, 3.8) is 0 Å². The Kier molecular flexibility index (Phi) is 13.5. The molecule has 0 radical (unpaired) electrons. The topological polar surface area (TPSA) is 276 Å². The van der Waals surface area contributed by atoms with Gasteiger partial charge >= 0.3 is 0 Å². The summed E-state index contributed by atoms with van der Waals surface area (Å²) in [6.07, 6.45) is -14.2. The molecular weight excluding hydrogens is 828 g/mol. The average molecular weight is 903 g/mol. The van der Waals surface area contributed by atoms with E-state index >= 15 is 0 Å². The Hall–Kier alpha value is -0.720. The van der Waals surface area contributed by atoms with E-state index in [-0.39, 0.29) is 23.0 Å². The first-order valence-electron chi connectivity index (χ1n) is 23.8. The minimum absolute atomic E-state index is 0.134. The van der Waals surface area contributed by atoms with Crippen LogP contribution in [0.25, 0.3) is 0 Å². The van der Waals surface area contributed by atoms with Crippen LogP contribution in [0.15, 0.2) is 0 Å². The Balaban J connectivity index is 0.833. The molecule has 10 N–H and O–H groups in total. The van der Waals surface area contributed by atoms with Crippen LogP contribution in [-0.4, -0.2) is 188 Å². The molecule has 0 aromatic heterocycles. The highest BCUT2D eigenvalue weighted by Crippen LogP contribution is 2.71. The SMILES string of the molecule is CC1CC[C@@]2(OC1)OC1C[C@H]3[C@@H]4CC[C@H]5CC(OC6OC(CO)C(OC7OC(CO)C(O)C(O)C7OC7OC(CO)C(O)C(O)C7O)C(O)C6O)CCC5(C)[C@H]4CCC3(C)C1[C@@H]2C. The van der Waals surface area contributed by atoms with Crippen LogP contribution in [-0.2, 0) is 37.9 Å². The van der Waals surface area contributed by atoms with Crippen LogP contribution < -0.4 is 0 Å². The number of ether oxygens (including phenoxy) is 8. The summed E-state index contributed by atoms with van der Waals surface area (Å²) < 4.78 is 49.0. The van der Waals surface area contributed by atoms with Crippen molar-refractivity contribution in [3.8, 4) is 0 Å². The maximum atomic E-state index is 11.5. The molecule has 362 valence electrons. The highest BCUT2D eigenvalue weighted by Gasteiger charge is 2.69. The van der Waals surface area contributed by atoms with Gasteiger partial charge in [-0.05, 0) is 104 Å². The zero-order valence-electron chi connectivity index (χ0n) is 37.0. The fourth-order valence-corrected chi connectivity index (χ4v) is 14.7. The second-order valence-electron chi connectivity index (χ2n) is 21.5. The number of hydrogen-bond donors (Lipinski definition) is 10. The lowest BCUT2D eigenvalue weighted by molar-refractivity contribution is -0.390. The van der Waals surface area contributed by atoms with Crippen molar-refractivity contribution in [2.24, 2.45) is 52.3 Å². The van der Waals surface area contributed by atoms with Crippen LogP contribution in [0.5, 0.6) is 0 Å². The van der Waals surface area contributed by atoms with Crippen molar-refractivity contribution in [3.05, 3.63) is 0 Å². The van der Waals surface area contributed by atoms with Gasteiger partial charge in [0, 0.05) is 12.3 Å². The van der Waals surface area contributed by atoms with Crippen LogP contribution >= 0.6 is 0 Å². The van der Waals surface area contributed by atoms with Crippen molar-refractivity contribution >= 4 is 0 Å². The van der Waals surface area contributed by atoms with E-state index in [2.05, 4.69) is 27.7 Å². The van der Waals surface area contributed by atoms with Gasteiger partial charge in [0.2, 0.25) is 0 Å². The summed E-state index contributed by atoms with van der Waals surface area (Å²) in [6.45, 7) is 8.23. The molecule has 63 heavy (non-hydrogen) atoms. The largest absolute Gasteiger partial charge is 0.394 e. The van der Waals surface area contributed by atoms with Gasteiger partial charge in [-0.2, -0.15) is 0 Å². The quantitative estimate of drug-likeness (QED) is 0.128. The van der Waals surface area contributed by atoms with E-state index < -0.39 is 118 Å². The summed E-state index contributed by atoms with van der Waals surface area (Å²) in [7, 11) is 0. The third-order valence-corrected chi connectivity index (χ3v) is 18.3. The van der Waals surface area contributed by atoms with Crippen LogP contribution in [0.3, 0.4) is 0 Å². The van der Waals surface area contributed by atoms with Gasteiger partial charge in [-0.15, -0.1) is 0 Å². The molecule has 9 rings (SSSR count). The summed E-state index contributed by atoms with van der Waals surface area (Å²) in [5, 5.41) is 106. The van der Waals surface area contributed by atoms with Gasteiger partial charge in [0.15, 0.2) is 24.7 Å². The zero-order chi connectivity index (χ0) is 44.9. The number of fused-ring (bicyclic) bond motifs is 7. The lowest BCUT2D eigenvalue weighted by Crippen LogP contribution is -2.67. The highest BCUT2D eigenvalue weighted by atomic mass is 16.8. The van der Waals surface area contributed by atoms with E-state index in [1.807, 2.05) is 0 Å². The second-order valence-corrected chi connectivity index (χ2v) is 21.5. The van der Waals surface area contributed by atoms with E-state index in [1.165, 1.54) is 12.8 Å². The average Bonchev–Trinajstić information content (AvgIpc) is 3.72. The highest BCUT2D eigenvalue weighted by molar-refractivity contribution is 5.15. The van der Waals surface area contributed by atoms with Crippen molar-refractivity contribution in [1.82, 2.24) is 0 Å². The Morgan fingerprint density at radius 1 is 0.556 bits per heavy atom. The predicted octanol–water partition coefficient (Wildman–Crippen LogP) is -0.734. The van der Waals surface area contributed by atoms with Gasteiger partial charge in [0.25, 0.3) is 0 Å². The minimum Gasteiger partial charge on any atom is -0.394 e. The summed E-state index contributed by atoms with van der Waals surface area (Å²) in [4.78, 5) is 0. The molecule has 0 bridgehead atoms. The molecule has 0 aromatic rings. The normalized spacial score (nSPS) is 58.2. The third-order valence-electron chi connectivity index (χ3n) is 18.3. The molecule has 5 heterocycles. The van der Waals surface area contributed by atoms with E-state index in [4.69, 9.17) is 37.9 Å². The molecule has 0 amide bonds. The first kappa shape index (κ1) is 47.4. The first-order chi connectivity index (χ1) is 30.0. The molecule has 18 nitrogen and oxygen atoms in total. The Labute approximate surface area is 369 Å². The molecular formula is C45H74O18. The molecule has 21 unspecified atom stereocenters. The van der Waals surface area contributed by atoms with Crippen LogP contribution in [0, 0.1) is 52.3 Å². The Morgan fingerprint density at radius 3 is 1.84 bits per heavy atom. The number of rotatable bonds is 9. The monoisotopic (exact) mass is 902 g/mol. The fourth-order valence-electron chi connectivity index (χ4n) is 14.7. The summed E-state index contributed by atoms with van der Waals surface area (Å²) in [5.41, 5.74) is 0.364. The van der Waals surface area contributed by atoms with Crippen LogP contribution in [0.2, 0.25) is 0 Å². The van der Waals surface area contributed by atoms with Gasteiger partial charge in [0.05, 0.1) is 38.6 Å². The maximum absolute atomic E-state index is 11.5. The molecule has 0 aromatic carbocycles. The van der Waals surface area contributed by atoms with Crippen molar-refractivity contribution in [1.29, 1.82) is 0 Å². The fraction of sp³-hybridized carbons (Fsp3) is 1.00. The summed E-state index contributed by atoms with van der Waals surface area (Å²) in [5.74, 6) is 3.29. The molecule has 18 heteroatoms. The van der Waals surface area contributed by atoms with Crippen LogP contribution in [0.4, 0.5) is 0 Å². The lowest BCUT2D eigenvalue weighted by atomic mass is 9.44. The predicted molar refractivity (Wildman–Crippen MR) is 216 cm³/mol. The van der Waals surface area contributed by atoms with Gasteiger partial charge < -0.3 is 89.0 Å². The van der Waals surface area contributed by atoms with Crippen molar-refractivity contribution in [2.75, 3.05) is 26.4 Å². The first-order valence-corrected chi connectivity index (χ1v) is 23.8. The number of aliphatic hydroxyl groups excluding tert-OH is 10. The number of aliphatic hydroxyl groups is 10. The maximum Gasteiger partial charge on any atom is 0.187 e. The molecule has 1 spiro atoms. The molecule has 9 aliphatic rings. The van der Waals surface area contributed by atoms with E-state index in [0.717, 1.165) is 58.0 Å². The molecule has 9 fully saturated rings. The zero-order valence-corrected chi connectivity index (χ0v) is 37.0.